The van der Waals surface area contributed by atoms with E-state index in [-0.39, 0.29) is 11.8 Å². The van der Waals surface area contributed by atoms with Crippen LogP contribution in [0.2, 0.25) is 0 Å². The lowest BCUT2D eigenvalue weighted by Crippen LogP contribution is -2.38. The Bertz CT molecular complexity index is 646. The van der Waals surface area contributed by atoms with Crippen molar-refractivity contribution in [3.05, 3.63) is 46.1 Å². The third kappa shape index (κ3) is 2.26. The monoisotopic (exact) mass is 260 g/mol. The number of aromatic amines is 1. The number of fused-ring (bicyclic) bond motifs is 1. The van der Waals surface area contributed by atoms with Crippen LogP contribution in [-0.2, 0) is 20.0 Å². The average molecular weight is 260 g/mol. The SMILES string of the molecule is Cn1nc(CN2CC(O)Cc3ccccc32)[nH]c1=O. The third-order valence-corrected chi connectivity index (χ3v) is 3.38. The van der Waals surface area contributed by atoms with Crippen LogP contribution in [0.15, 0.2) is 29.1 Å². The molecule has 6 nitrogen and oxygen atoms in total. The summed E-state index contributed by atoms with van der Waals surface area (Å²) >= 11 is 0. The van der Waals surface area contributed by atoms with Gasteiger partial charge in [0.1, 0.15) is 0 Å². The summed E-state index contributed by atoms with van der Waals surface area (Å²) in [6.07, 6.45) is 0.288. The molecule has 1 aliphatic heterocycles. The van der Waals surface area contributed by atoms with E-state index in [4.69, 9.17) is 0 Å². The normalized spacial score (nSPS) is 18.4. The second-order valence-corrected chi connectivity index (χ2v) is 4.87. The fraction of sp³-hybridized carbons (Fsp3) is 0.385. The highest BCUT2D eigenvalue weighted by Crippen LogP contribution is 2.27. The number of aliphatic hydroxyl groups is 1. The standard InChI is InChI=1S/C13H16N4O2/c1-16-13(19)14-12(15-16)8-17-7-10(18)6-9-4-2-3-5-11(9)17/h2-5,10,18H,6-8H2,1H3,(H,14,15,19). The van der Waals surface area contributed by atoms with Crippen LogP contribution in [0, 0.1) is 0 Å². The first-order valence-electron chi connectivity index (χ1n) is 6.26. The Labute approximate surface area is 110 Å². The summed E-state index contributed by atoms with van der Waals surface area (Å²) < 4.78 is 1.28. The summed E-state index contributed by atoms with van der Waals surface area (Å²) in [4.78, 5) is 16.1. The molecule has 0 saturated heterocycles. The zero-order valence-corrected chi connectivity index (χ0v) is 10.7. The fourth-order valence-corrected chi connectivity index (χ4v) is 2.52. The molecule has 2 N–H and O–H groups in total. The second kappa shape index (κ2) is 4.55. The van der Waals surface area contributed by atoms with Crippen LogP contribution in [0.5, 0.6) is 0 Å². The number of benzene rings is 1. The second-order valence-electron chi connectivity index (χ2n) is 4.87. The molecule has 0 amide bonds. The van der Waals surface area contributed by atoms with Crippen molar-refractivity contribution < 1.29 is 5.11 Å². The minimum Gasteiger partial charge on any atom is -0.391 e. The maximum Gasteiger partial charge on any atom is 0.343 e. The van der Waals surface area contributed by atoms with Gasteiger partial charge in [-0.1, -0.05) is 18.2 Å². The van der Waals surface area contributed by atoms with Gasteiger partial charge in [-0.2, -0.15) is 5.10 Å². The van der Waals surface area contributed by atoms with Gasteiger partial charge in [-0.05, 0) is 11.6 Å². The summed E-state index contributed by atoms with van der Waals surface area (Å²) in [7, 11) is 1.61. The number of aromatic nitrogens is 3. The first kappa shape index (κ1) is 12.0. The molecule has 1 unspecified atom stereocenters. The van der Waals surface area contributed by atoms with Gasteiger partial charge >= 0.3 is 5.69 Å². The smallest absolute Gasteiger partial charge is 0.343 e. The Morgan fingerprint density at radius 1 is 1.47 bits per heavy atom. The van der Waals surface area contributed by atoms with Gasteiger partial charge in [0.05, 0.1) is 12.6 Å². The molecule has 100 valence electrons. The quantitative estimate of drug-likeness (QED) is 0.799. The number of aryl methyl sites for hydroxylation is 1. The number of aliphatic hydroxyl groups excluding tert-OH is 1. The van der Waals surface area contributed by atoms with Crippen molar-refractivity contribution in [1.29, 1.82) is 0 Å². The van der Waals surface area contributed by atoms with Gasteiger partial charge in [0.25, 0.3) is 0 Å². The Kier molecular flexibility index (Phi) is 2.87. The molecule has 0 radical (unpaired) electrons. The highest BCUT2D eigenvalue weighted by molar-refractivity contribution is 5.55. The minimum atomic E-state index is -0.384. The van der Waals surface area contributed by atoms with Crippen molar-refractivity contribution in [1.82, 2.24) is 14.8 Å². The molecule has 0 saturated carbocycles. The topological polar surface area (TPSA) is 74.2 Å². The molecule has 19 heavy (non-hydrogen) atoms. The number of anilines is 1. The van der Waals surface area contributed by atoms with Gasteiger partial charge in [0.2, 0.25) is 0 Å². The number of para-hydroxylation sites is 1. The van der Waals surface area contributed by atoms with Crippen molar-refractivity contribution in [2.45, 2.75) is 19.1 Å². The van der Waals surface area contributed by atoms with E-state index in [1.54, 1.807) is 7.05 Å². The van der Waals surface area contributed by atoms with Crippen LogP contribution in [0.25, 0.3) is 0 Å². The van der Waals surface area contributed by atoms with Gasteiger partial charge in [0, 0.05) is 25.7 Å². The number of β-amino-alcohol motifs (C(OH)–C–C–N with tert-alkyl or cyclic N) is 1. The number of rotatable bonds is 2. The van der Waals surface area contributed by atoms with Crippen molar-refractivity contribution in [2.75, 3.05) is 11.4 Å². The van der Waals surface area contributed by atoms with Crippen molar-refractivity contribution >= 4 is 5.69 Å². The van der Waals surface area contributed by atoms with Crippen LogP contribution in [-0.4, -0.2) is 32.5 Å². The van der Waals surface area contributed by atoms with Crippen molar-refractivity contribution in [3.63, 3.8) is 0 Å². The highest BCUT2D eigenvalue weighted by atomic mass is 16.3. The molecule has 1 atom stereocenters. The molecule has 1 aliphatic rings. The van der Waals surface area contributed by atoms with Gasteiger partial charge in [-0.3, -0.25) is 4.98 Å². The molecule has 0 bridgehead atoms. The number of nitrogens with one attached hydrogen (secondary N) is 1. The number of hydrogen-bond donors (Lipinski definition) is 2. The van der Waals surface area contributed by atoms with Gasteiger partial charge in [0.15, 0.2) is 5.82 Å². The fourth-order valence-electron chi connectivity index (χ4n) is 2.52. The molecule has 1 aromatic heterocycles. The third-order valence-electron chi connectivity index (χ3n) is 3.38. The van der Waals surface area contributed by atoms with E-state index in [0.717, 1.165) is 11.3 Å². The van der Waals surface area contributed by atoms with Crippen LogP contribution < -0.4 is 10.6 Å². The highest BCUT2D eigenvalue weighted by Gasteiger charge is 2.23. The Hall–Kier alpha value is -2.08. The minimum absolute atomic E-state index is 0.221. The predicted octanol–water partition coefficient (Wildman–Crippen LogP) is 0.0320. The lowest BCUT2D eigenvalue weighted by molar-refractivity contribution is 0.174. The van der Waals surface area contributed by atoms with Crippen molar-refractivity contribution in [2.24, 2.45) is 7.05 Å². The molecule has 2 aromatic rings. The van der Waals surface area contributed by atoms with Crippen LogP contribution in [0.1, 0.15) is 11.4 Å². The van der Waals surface area contributed by atoms with E-state index in [0.29, 0.717) is 25.3 Å². The number of nitrogens with zero attached hydrogens (tertiary/aromatic N) is 3. The molecule has 6 heteroatoms. The number of H-pyrrole nitrogens is 1. The predicted molar refractivity (Wildman–Crippen MR) is 71.0 cm³/mol. The van der Waals surface area contributed by atoms with E-state index in [2.05, 4.69) is 10.1 Å². The van der Waals surface area contributed by atoms with E-state index < -0.39 is 0 Å². The maximum atomic E-state index is 11.4. The van der Waals surface area contributed by atoms with E-state index in [1.807, 2.05) is 29.2 Å². The summed E-state index contributed by atoms with van der Waals surface area (Å²) in [5.74, 6) is 0.608. The molecule has 0 spiro atoms. The first-order chi connectivity index (χ1) is 9.13. The zero-order valence-electron chi connectivity index (χ0n) is 10.7. The molecule has 2 heterocycles. The van der Waals surface area contributed by atoms with Crippen LogP contribution in [0.3, 0.4) is 0 Å². The maximum absolute atomic E-state index is 11.4. The molecule has 0 fully saturated rings. The summed E-state index contributed by atoms with van der Waals surface area (Å²) in [6.45, 7) is 1.04. The van der Waals surface area contributed by atoms with Crippen LogP contribution >= 0.6 is 0 Å². The molecular weight excluding hydrogens is 244 g/mol. The average Bonchev–Trinajstić information content (AvgIpc) is 2.68. The lowest BCUT2D eigenvalue weighted by atomic mass is 10.00. The Morgan fingerprint density at radius 3 is 3.00 bits per heavy atom. The van der Waals surface area contributed by atoms with E-state index in [9.17, 15) is 9.90 Å². The Morgan fingerprint density at radius 2 is 2.26 bits per heavy atom. The van der Waals surface area contributed by atoms with E-state index in [1.165, 1.54) is 4.68 Å². The first-order valence-corrected chi connectivity index (χ1v) is 6.26. The van der Waals surface area contributed by atoms with Gasteiger partial charge in [-0.15, -0.1) is 0 Å². The summed E-state index contributed by atoms with van der Waals surface area (Å²) in [5.41, 5.74) is 2.00. The van der Waals surface area contributed by atoms with Gasteiger partial charge < -0.3 is 10.0 Å². The number of hydrogen-bond acceptors (Lipinski definition) is 4. The molecule has 0 aliphatic carbocycles. The van der Waals surface area contributed by atoms with Crippen molar-refractivity contribution in [3.8, 4) is 0 Å². The Balaban J connectivity index is 1.90. The summed E-state index contributed by atoms with van der Waals surface area (Å²) in [5, 5.41) is 14.1. The lowest BCUT2D eigenvalue weighted by Gasteiger charge is -2.33. The van der Waals surface area contributed by atoms with Crippen LogP contribution in [0.4, 0.5) is 5.69 Å². The largest absolute Gasteiger partial charge is 0.391 e. The zero-order chi connectivity index (χ0) is 13.4. The molecule has 3 rings (SSSR count). The summed E-state index contributed by atoms with van der Waals surface area (Å²) in [6, 6.07) is 8.00. The molecular formula is C13H16N4O2. The molecule has 1 aromatic carbocycles. The van der Waals surface area contributed by atoms with Gasteiger partial charge in [-0.25, -0.2) is 9.48 Å². The van der Waals surface area contributed by atoms with E-state index >= 15 is 0 Å².